The summed E-state index contributed by atoms with van der Waals surface area (Å²) in [7, 11) is 1.66. The van der Waals surface area contributed by atoms with Gasteiger partial charge in [0.2, 0.25) is 5.96 Å². The van der Waals surface area contributed by atoms with Crippen LogP contribution in [0, 0.1) is 0 Å². The molecule has 0 heterocycles. The maximum absolute atomic E-state index is 5.34. The third-order valence-corrected chi connectivity index (χ3v) is 2.20. The predicted octanol–water partition coefficient (Wildman–Crippen LogP) is -0.389. The van der Waals surface area contributed by atoms with Crippen LogP contribution in [0.1, 0.15) is 19.3 Å². The molecule has 1 aliphatic rings. The molecular weight excluding hydrogens is 208 g/mol. The SMILES string of the molecule is COCCOCCCN=C(NN)NC1CC1. The van der Waals surface area contributed by atoms with Crippen molar-refractivity contribution in [2.24, 2.45) is 10.8 Å². The molecule has 0 aromatic heterocycles. The Bertz CT molecular complexity index is 207. The Morgan fingerprint density at radius 3 is 2.81 bits per heavy atom. The topological polar surface area (TPSA) is 80.9 Å². The van der Waals surface area contributed by atoms with Crippen molar-refractivity contribution in [2.75, 3.05) is 33.5 Å². The molecule has 0 aromatic rings. The fourth-order valence-corrected chi connectivity index (χ4v) is 1.16. The van der Waals surface area contributed by atoms with Crippen molar-refractivity contribution in [2.45, 2.75) is 25.3 Å². The van der Waals surface area contributed by atoms with Gasteiger partial charge in [-0.25, -0.2) is 5.84 Å². The third kappa shape index (κ3) is 6.60. The number of ether oxygens (including phenoxy) is 2. The van der Waals surface area contributed by atoms with Crippen molar-refractivity contribution in [3.05, 3.63) is 0 Å². The van der Waals surface area contributed by atoms with E-state index in [-0.39, 0.29) is 0 Å². The van der Waals surface area contributed by atoms with Crippen molar-refractivity contribution in [1.82, 2.24) is 10.7 Å². The molecule has 0 saturated heterocycles. The number of nitrogens with zero attached hydrogens (tertiary/aromatic N) is 1. The summed E-state index contributed by atoms with van der Waals surface area (Å²) < 4.78 is 10.2. The minimum absolute atomic E-state index is 0.563. The van der Waals surface area contributed by atoms with Gasteiger partial charge in [-0.05, 0) is 19.3 Å². The van der Waals surface area contributed by atoms with Crippen LogP contribution >= 0.6 is 0 Å². The van der Waals surface area contributed by atoms with Crippen LogP contribution in [-0.2, 0) is 9.47 Å². The van der Waals surface area contributed by atoms with Gasteiger partial charge < -0.3 is 14.8 Å². The number of methoxy groups -OCH3 is 1. The molecule has 1 aliphatic carbocycles. The maximum atomic E-state index is 5.34. The first-order valence-corrected chi connectivity index (χ1v) is 5.71. The van der Waals surface area contributed by atoms with Crippen molar-refractivity contribution >= 4 is 5.96 Å². The molecule has 6 nitrogen and oxygen atoms in total. The first-order valence-electron chi connectivity index (χ1n) is 5.71. The second-order valence-corrected chi connectivity index (χ2v) is 3.75. The number of rotatable bonds is 8. The molecule has 0 aromatic carbocycles. The monoisotopic (exact) mass is 230 g/mol. The second-order valence-electron chi connectivity index (χ2n) is 3.75. The standard InChI is InChI=1S/C10H22N4O2/c1-15-7-8-16-6-2-5-12-10(14-11)13-9-3-4-9/h9H,2-8,11H2,1H3,(H2,12,13,14). The zero-order chi connectivity index (χ0) is 11.6. The fraction of sp³-hybridized carbons (Fsp3) is 0.900. The van der Waals surface area contributed by atoms with Crippen LogP contribution in [0.4, 0.5) is 0 Å². The molecule has 0 radical (unpaired) electrons. The molecule has 0 unspecified atom stereocenters. The Kier molecular flexibility index (Phi) is 6.87. The Hall–Kier alpha value is -0.850. The lowest BCUT2D eigenvalue weighted by Crippen LogP contribution is -2.42. The van der Waals surface area contributed by atoms with E-state index in [0.29, 0.717) is 38.4 Å². The molecule has 1 fully saturated rings. The fourth-order valence-electron chi connectivity index (χ4n) is 1.16. The van der Waals surface area contributed by atoms with Gasteiger partial charge in [0.25, 0.3) is 0 Å². The molecule has 1 rings (SSSR count). The van der Waals surface area contributed by atoms with Crippen LogP contribution in [0.25, 0.3) is 0 Å². The molecule has 0 aliphatic heterocycles. The lowest BCUT2D eigenvalue weighted by molar-refractivity contribution is 0.0702. The van der Waals surface area contributed by atoms with E-state index in [0.717, 1.165) is 6.42 Å². The highest BCUT2D eigenvalue weighted by atomic mass is 16.5. The Balaban J connectivity index is 1.95. The van der Waals surface area contributed by atoms with E-state index in [1.54, 1.807) is 7.11 Å². The lowest BCUT2D eigenvalue weighted by Gasteiger charge is -2.07. The van der Waals surface area contributed by atoms with E-state index in [2.05, 4.69) is 15.7 Å². The Morgan fingerprint density at radius 2 is 2.19 bits per heavy atom. The first-order chi connectivity index (χ1) is 7.86. The largest absolute Gasteiger partial charge is 0.382 e. The van der Waals surface area contributed by atoms with Crippen LogP contribution < -0.4 is 16.6 Å². The van der Waals surface area contributed by atoms with Gasteiger partial charge in [0.15, 0.2) is 0 Å². The first kappa shape index (κ1) is 13.2. The van der Waals surface area contributed by atoms with Gasteiger partial charge in [-0.1, -0.05) is 0 Å². The van der Waals surface area contributed by atoms with Gasteiger partial charge in [-0.15, -0.1) is 0 Å². The number of hydrogen-bond acceptors (Lipinski definition) is 4. The molecule has 0 spiro atoms. The van der Waals surface area contributed by atoms with Crippen LogP contribution in [0.15, 0.2) is 4.99 Å². The van der Waals surface area contributed by atoms with Gasteiger partial charge >= 0.3 is 0 Å². The zero-order valence-electron chi connectivity index (χ0n) is 9.87. The molecule has 4 N–H and O–H groups in total. The summed E-state index contributed by atoms with van der Waals surface area (Å²) in [5.74, 6) is 6.02. The summed E-state index contributed by atoms with van der Waals surface area (Å²) in [5, 5.41) is 3.20. The highest BCUT2D eigenvalue weighted by Gasteiger charge is 2.21. The van der Waals surface area contributed by atoms with Crippen molar-refractivity contribution in [3.63, 3.8) is 0 Å². The van der Waals surface area contributed by atoms with Crippen LogP contribution in [0.5, 0.6) is 0 Å². The van der Waals surface area contributed by atoms with Crippen LogP contribution in [-0.4, -0.2) is 45.5 Å². The molecule has 6 heteroatoms. The lowest BCUT2D eigenvalue weighted by atomic mass is 10.4. The van der Waals surface area contributed by atoms with Gasteiger partial charge in [0.05, 0.1) is 13.2 Å². The maximum Gasteiger partial charge on any atom is 0.205 e. The van der Waals surface area contributed by atoms with E-state index < -0.39 is 0 Å². The van der Waals surface area contributed by atoms with E-state index in [1.165, 1.54) is 12.8 Å². The highest BCUT2D eigenvalue weighted by molar-refractivity contribution is 5.79. The summed E-state index contributed by atoms with van der Waals surface area (Å²) in [6, 6.07) is 0.563. The van der Waals surface area contributed by atoms with Crippen molar-refractivity contribution in [1.29, 1.82) is 0 Å². The normalized spacial score (nSPS) is 16.2. The van der Waals surface area contributed by atoms with Gasteiger partial charge in [0.1, 0.15) is 0 Å². The van der Waals surface area contributed by atoms with Gasteiger partial charge in [-0.3, -0.25) is 10.4 Å². The number of hydrogen-bond donors (Lipinski definition) is 3. The van der Waals surface area contributed by atoms with E-state index in [9.17, 15) is 0 Å². The minimum Gasteiger partial charge on any atom is -0.382 e. The predicted molar refractivity (Wildman–Crippen MR) is 63.1 cm³/mol. The number of nitrogens with two attached hydrogens (primary N) is 1. The van der Waals surface area contributed by atoms with Crippen LogP contribution in [0.3, 0.4) is 0 Å². The van der Waals surface area contributed by atoms with E-state index in [1.807, 2.05) is 0 Å². The molecule has 16 heavy (non-hydrogen) atoms. The van der Waals surface area contributed by atoms with Crippen LogP contribution in [0.2, 0.25) is 0 Å². The van der Waals surface area contributed by atoms with E-state index >= 15 is 0 Å². The summed E-state index contributed by atoms with van der Waals surface area (Å²) in [6.45, 7) is 2.70. The summed E-state index contributed by atoms with van der Waals surface area (Å²) in [4.78, 5) is 4.30. The van der Waals surface area contributed by atoms with Crippen molar-refractivity contribution in [3.8, 4) is 0 Å². The molecule has 0 atom stereocenters. The Morgan fingerprint density at radius 1 is 1.38 bits per heavy atom. The third-order valence-electron chi connectivity index (χ3n) is 2.20. The second kappa shape index (κ2) is 8.32. The number of hydrazine groups is 1. The number of guanidine groups is 1. The van der Waals surface area contributed by atoms with Gasteiger partial charge in [0, 0.05) is 26.3 Å². The summed E-state index contributed by atoms with van der Waals surface area (Å²) in [6.07, 6.45) is 3.31. The summed E-state index contributed by atoms with van der Waals surface area (Å²) in [5.41, 5.74) is 2.56. The molecule has 0 amide bonds. The summed E-state index contributed by atoms with van der Waals surface area (Å²) >= 11 is 0. The molecular formula is C10H22N4O2. The number of nitrogens with one attached hydrogen (secondary N) is 2. The van der Waals surface area contributed by atoms with E-state index in [4.69, 9.17) is 15.3 Å². The Labute approximate surface area is 96.6 Å². The molecule has 94 valence electrons. The quantitative estimate of drug-likeness (QED) is 0.174. The minimum atomic E-state index is 0.563. The highest BCUT2D eigenvalue weighted by Crippen LogP contribution is 2.18. The number of aliphatic imine (C=N–C) groups is 1. The average molecular weight is 230 g/mol. The van der Waals surface area contributed by atoms with Crippen molar-refractivity contribution < 1.29 is 9.47 Å². The van der Waals surface area contributed by atoms with Gasteiger partial charge in [-0.2, -0.15) is 0 Å². The molecule has 1 saturated carbocycles. The average Bonchev–Trinajstić information content (AvgIpc) is 3.10. The zero-order valence-corrected chi connectivity index (χ0v) is 9.87. The smallest absolute Gasteiger partial charge is 0.205 e. The molecule has 0 bridgehead atoms.